The van der Waals surface area contributed by atoms with Crippen molar-refractivity contribution in [2.45, 2.75) is 6.61 Å². The van der Waals surface area contributed by atoms with Gasteiger partial charge in [-0.05, 0) is 12.1 Å². The van der Waals surface area contributed by atoms with Crippen molar-refractivity contribution in [2.24, 2.45) is 0 Å². The summed E-state index contributed by atoms with van der Waals surface area (Å²) < 4.78 is 5.33. The third-order valence-corrected chi connectivity index (χ3v) is 3.30. The lowest BCUT2D eigenvalue weighted by Gasteiger charge is -2.29. The number of H-pyrrole nitrogens is 1. The highest BCUT2D eigenvalue weighted by Gasteiger charge is 2.14. The van der Waals surface area contributed by atoms with Crippen LogP contribution >= 0.6 is 0 Å². The van der Waals surface area contributed by atoms with E-state index < -0.39 is 0 Å². The number of nitrogens with zero attached hydrogens (tertiary/aromatic N) is 2. The first kappa shape index (κ1) is 12.1. The molecule has 0 aliphatic carbocycles. The van der Waals surface area contributed by atoms with E-state index in [0.29, 0.717) is 29.8 Å². The molecule has 0 atom stereocenters. The fourth-order valence-corrected chi connectivity index (χ4v) is 2.33. The number of aromatic amines is 1. The molecular weight excluding hydrogens is 246 g/mol. The van der Waals surface area contributed by atoms with Gasteiger partial charge in [0.25, 0.3) is 5.56 Å². The van der Waals surface area contributed by atoms with Gasteiger partial charge in [-0.1, -0.05) is 0 Å². The average Bonchev–Trinajstić information content (AvgIpc) is 2.47. The zero-order chi connectivity index (χ0) is 13.2. The topological polar surface area (TPSA) is 78.5 Å². The van der Waals surface area contributed by atoms with Crippen LogP contribution in [-0.2, 0) is 11.3 Å². The van der Waals surface area contributed by atoms with Gasteiger partial charge in [0, 0.05) is 24.3 Å². The second kappa shape index (κ2) is 4.99. The summed E-state index contributed by atoms with van der Waals surface area (Å²) in [7, 11) is 0. The molecule has 1 aliphatic heterocycles. The van der Waals surface area contributed by atoms with Gasteiger partial charge < -0.3 is 19.7 Å². The third-order valence-electron chi connectivity index (χ3n) is 3.30. The molecule has 2 heterocycles. The highest BCUT2D eigenvalue weighted by Crippen LogP contribution is 2.24. The first-order valence-corrected chi connectivity index (χ1v) is 6.23. The summed E-state index contributed by atoms with van der Waals surface area (Å²) in [4.78, 5) is 20.4. The molecule has 0 bridgehead atoms. The van der Waals surface area contributed by atoms with Crippen LogP contribution in [0.25, 0.3) is 11.0 Å². The Kier molecular flexibility index (Phi) is 3.18. The second-order valence-electron chi connectivity index (χ2n) is 4.50. The highest BCUT2D eigenvalue weighted by molar-refractivity contribution is 5.82. The molecule has 2 N–H and O–H groups in total. The van der Waals surface area contributed by atoms with Crippen molar-refractivity contribution < 1.29 is 9.84 Å². The lowest BCUT2D eigenvalue weighted by Crippen LogP contribution is -2.36. The number of fused-ring (bicyclic) bond motifs is 1. The van der Waals surface area contributed by atoms with Crippen molar-refractivity contribution in [3.8, 4) is 0 Å². The molecule has 6 nitrogen and oxygen atoms in total. The molecule has 1 fully saturated rings. The molecular formula is C13H15N3O3. The number of aliphatic hydroxyl groups excluding tert-OH is 1. The number of anilines is 1. The molecule has 1 aliphatic rings. The van der Waals surface area contributed by atoms with Crippen molar-refractivity contribution in [3.05, 3.63) is 34.2 Å². The van der Waals surface area contributed by atoms with E-state index in [4.69, 9.17) is 4.74 Å². The molecule has 1 aromatic heterocycles. The summed E-state index contributed by atoms with van der Waals surface area (Å²) in [6, 6.07) is 3.82. The number of nitrogens with one attached hydrogen (secondary N) is 1. The number of hydrogen-bond acceptors (Lipinski definition) is 5. The minimum absolute atomic E-state index is 0.129. The maximum Gasteiger partial charge on any atom is 0.266 e. The third kappa shape index (κ3) is 2.32. The first-order chi connectivity index (χ1) is 9.28. The van der Waals surface area contributed by atoms with Gasteiger partial charge in [0.1, 0.15) is 0 Å². The van der Waals surface area contributed by atoms with Crippen LogP contribution in [0, 0.1) is 0 Å². The summed E-state index contributed by atoms with van der Waals surface area (Å²) in [6.07, 6.45) is 1.26. The van der Waals surface area contributed by atoms with E-state index in [2.05, 4.69) is 14.9 Å². The summed E-state index contributed by atoms with van der Waals surface area (Å²) in [6.45, 7) is 2.91. The van der Waals surface area contributed by atoms with Crippen LogP contribution in [0.4, 0.5) is 5.69 Å². The lowest BCUT2D eigenvalue weighted by atomic mass is 10.1. The SMILES string of the molecule is O=c1cnc2cc(N3CCOCC3)cc(CO)c2[nH]1. The summed E-state index contributed by atoms with van der Waals surface area (Å²) in [5, 5.41) is 9.46. The molecule has 6 heteroatoms. The lowest BCUT2D eigenvalue weighted by molar-refractivity contribution is 0.122. The Morgan fingerprint density at radius 1 is 1.37 bits per heavy atom. The molecule has 0 unspecified atom stereocenters. The van der Waals surface area contributed by atoms with Crippen LogP contribution in [0.15, 0.2) is 23.1 Å². The van der Waals surface area contributed by atoms with Gasteiger partial charge in [-0.15, -0.1) is 0 Å². The number of aliphatic hydroxyl groups is 1. The molecule has 2 aromatic rings. The number of benzene rings is 1. The average molecular weight is 261 g/mol. The van der Waals surface area contributed by atoms with Crippen LogP contribution in [0.1, 0.15) is 5.56 Å². The fourth-order valence-electron chi connectivity index (χ4n) is 2.33. The van der Waals surface area contributed by atoms with Crippen LogP contribution in [0.5, 0.6) is 0 Å². The molecule has 0 spiro atoms. The quantitative estimate of drug-likeness (QED) is 0.810. The van der Waals surface area contributed by atoms with Gasteiger partial charge >= 0.3 is 0 Å². The normalized spacial score (nSPS) is 15.9. The van der Waals surface area contributed by atoms with Crippen molar-refractivity contribution in [1.82, 2.24) is 9.97 Å². The van der Waals surface area contributed by atoms with Gasteiger partial charge in [0.05, 0.1) is 37.1 Å². The van der Waals surface area contributed by atoms with E-state index >= 15 is 0 Å². The highest BCUT2D eigenvalue weighted by atomic mass is 16.5. The molecule has 100 valence electrons. The predicted molar refractivity (Wildman–Crippen MR) is 71.3 cm³/mol. The minimum Gasteiger partial charge on any atom is -0.392 e. The smallest absolute Gasteiger partial charge is 0.266 e. The molecule has 0 amide bonds. The zero-order valence-corrected chi connectivity index (χ0v) is 10.4. The molecule has 19 heavy (non-hydrogen) atoms. The number of rotatable bonds is 2. The predicted octanol–water partition coefficient (Wildman–Crippen LogP) is 0.252. The van der Waals surface area contributed by atoms with Gasteiger partial charge in [-0.3, -0.25) is 4.79 Å². The maximum atomic E-state index is 11.3. The van der Waals surface area contributed by atoms with Crippen molar-refractivity contribution in [2.75, 3.05) is 31.2 Å². The number of morpholine rings is 1. The van der Waals surface area contributed by atoms with Gasteiger partial charge in [-0.25, -0.2) is 4.98 Å². The summed E-state index contributed by atoms with van der Waals surface area (Å²) >= 11 is 0. The number of ether oxygens (including phenoxy) is 1. The Morgan fingerprint density at radius 2 is 2.16 bits per heavy atom. The minimum atomic E-state index is -0.263. The van der Waals surface area contributed by atoms with Crippen molar-refractivity contribution in [3.63, 3.8) is 0 Å². The van der Waals surface area contributed by atoms with Crippen LogP contribution < -0.4 is 10.5 Å². The Hall–Kier alpha value is -1.92. The standard InChI is InChI=1S/C13H15N3O3/c17-8-9-5-10(16-1-3-19-4-2-16)6-11-13(9)15-12(18)7-14-11/h5-7,17H,1-4,8H2,(H,15,18). The Balaban J connectivity index is 2.11. The van der Waals surface area contributed by atoms with Crippen molar-refractivity contribution >= 4 is 16.7 Å². The van der Waals surface area contributed by atoms with E-state index in [9.17, 15) is 9.90 Å². The molecule has 1 aromatic carbocycles. The number of aromatic nitrogens is 2. The molecule has 0 radical (unpaired) electrons. The number of hydrogen-bond donors (Lipinski definition) is 2. The van der Waals surface area contributed by atoms with E-state index in [1.807, 2.05) is 12.1 Å². The molecule has 3 rings (SSSR count). The second-order valence-corrected chi connectivity index (χ2v) is 4.50. The van der Waals surface area contributed by atoms with Gasteiger partial charge in [0.15, 0.2) is 0 Å². The van der Waals surface area contributed by atoms with Crippen LogP contribution in [0.3, 0.4) is 0 Å². The molecule has 0 saturated carbocycles. The fraction of sp³-hybridized carbons (Fsp3) is 0.385. The van der Waals surface area contributed by atoms with Gasteiger partial charge in [0.2, 0.25) is 0 Å². The van der Waals surface area contributed by atoms with Crippen molar-refractivity contribution in [1.29, 1.82) is 0 Å². The van der Waals surface area contributed by atoms with E-state index in [1.165, 1.54) is 6.20 Å². The van der Waals surface area contributed by atoms with E-state index in [0.717, 1.165) is 18.8 Å². The molecule has 1 saturated heterocycles. The first-order valence-electron chi connectivity index (χ1n) is 6.23. The largest absolute Gasteiger partial charge is 0.392 e. The van der Waals surface area contributed by atoms with Crippen LogP contribution in [-0.4, -0.2) is 41.4 Å². The summed E-state index contributed by atoms with van der Waals surface area (Å²) in [5.41, 5.74) is 2.71. The monoisotopic (exact) mass is 261 g/mol. The Bertz CT molecular complexity index is 647. The summed E-state index contributed by atoms with van der Waals surface area (Å²) in [5.74, 6) is 0. The maximum absolute atomic E-state index is 11.3. The van der Waals surface area contributed by atoms with E-state index in [-0.39, 0.29) is 12.2 Å². The Morgan fingerprint density at radius 3 is 2.89 bits per heavy atom. The van der Waals surface area contributed by atoms with E-state index in [1.54, 1.807) is 0 Å². The zero-order valence-electron chi connectivity index (χ0n) is 10.4. The Labute approximate surface area is 109 Å². The van der Waals surface area contributed by atoms with Crippen LogP contribution in [0.2, 0.25) is 0 Å². The van der Waals surface area contributed by atoms with Gasteiger partial charge in [-0.2, -0.15) is 0 Å².